The Kier molecular flexibility index (Phi) is 7.96. The third-order valence-electron chi connectivity index (χ3n) is 2.93. The quantitative estimate of drug-likeness (QED) is 0.706. The number of carbonyl (C=O) groups excluding carboxylic acids is 2. The van der Waals surface area contributed by atoms with Crippen LogP contribution >= 0.6 is 11.3 Å². The van der Waals surface area contributed by atoms with Gasteiger partial charge in [-0.05, 0) is 11.4 Å². The van der Waals surface area contributed by atoms with Crippen molar-refractivity contribution in [3.05, 3.63) is 22.4 Å². The van der Waals surface area contributed by atoms with Gasteiger partial charge in [-0.1, -0.05) is 6.07 Å². The summed E-state index contributed by atoms with van der Waals surface area (Å²) in [6.07, 6.45) is 0.170. The van der Waals surface area contributed by atoms with E-state index in [1.165, 1.54) is 18.3 Å². The Hall–Kier alpha value is -1.44. The molecule has 21 heavy (non-hydrogen) atoms. The molecule has 7 heteroatoms. The van der Waals surface area contributed by atoms with Gasteiger partial charge in [-0.2, -0.15) is 0 Å². The smallest absolute Gasteiger partial charge is 0.225 e. The lowest BCUT2D eigenvalue weighted by Gasteiger charge is -2.24. The van der Waals surface area contributed by atoms with Crippen molar-refractivity contribution in [1.82, 2.24) is 10.2 Å². The van der Waals surface area contributed by atoms with Crippen molar-refractivity contribution in [2.75, 3.05) is 33.4 Å². The SMILES string of the molecule is COCCN(CCO)C(=O)CC(NC(C)=O)c1cccs1. The van der Waals surface area contributed by atoms with Crippen molar-refractivity contribution in [2.24, 2.45) is 0 Å². The molecule has 0 aromatic carbocycles. The molecule has 1 rings (SSSR count). The molecule has 0 bridgehead atoms. The summed E-state index contributed by atoms with van der Waals surface area (Å²) in [6, 6.07) is 3.44. The van der Waals surface area contributed by atoms with Crippen LogP contribution in [0.3, 0.4) is 0 Å². The maximum Gasteiger partial charge on any atom is 0.225 e. The third kappa shape index (κ3) is 6.24. The fourth-order valence-electron chi connectivity index (χ4n) is 1.94. The Morgan fingerprint density at radius 3 is 2.76 bits per heavy atom. The first-order valence-electron chi connectivity index (χ1n) is 6.76. The van der Waals surface area contributed by atoms with E-state index in [1.54, 1.807) is 12.0 Å². The molecule has 1 aromatic heterocycles. The topological polar surface area (TPSA) is 78.9 Å². The molecule has 0 spiro atoms. The van der Waals surface area contributed by atoms with Crippen LogP contribution in [0.5, 0.6) is 0 Å². The van der Waals surface area contributed by atoms with Crippen molar-refractivity contribution >= 4 is 23.2 Å². The number of nitrogens with one attached hydrogen (secondary N) is 1. The number of rotatable bonds is 9. The van der Waals surface area contributed by atoms with Crippen molar-refractivity contribution in [3.8, 4) is 0 Å². The number of methoxy groups -OCH3 is 1. The van der Waals surface area contributed by atoms with Crippen LogP contribution in [0.2, 0.25) is 0 Å². The maximum atomic E-state index is 12.3. The van der Waals surface area contributed by atoms with Gasteiger partial charge in [0.15, 0.2) is 0 Å². The van der Waals surface area contributed by atoms with E-state index in [2.05, 4.69) is 5.32 Å². The zero-order valence-electron chi connectivity index (χ0n) is 12.4. The minimum atomic E-state index is -0.335. The van der Waals surface area contributed by atoms with E-state index in [-0.39, 0.29) is 37.4 Å². The first-order valence-corrected chi connectivity index (χ1v) is 7.64. The van der Waals surface area contributed by atoms with Gasteiger partial charge in [-0.25, -0.2) is 0 Å². The fourth-order valence-corrected chi connectivity index (χ4v) is 2.72. The van der Waals surface area contributed by atoms with Crippen LogP contribution in [0.4, 0.5) is 0 Å². The average Bonchev–Trinajstić information content (AvgIpc) is 2.96. The molecule has 0 saturated carbocycles. The summed E-state index contributed by atoms with van der Waals surface area (Å²) in [5.74, 6) is -0.292. The van der Waals surface area contributed by atoms with Crippen LogP contribution in [0, 0.1) is 0 Å². The number of thiophene rings is 1. The van der Waals surface area contributed by atoms with Gasteiger partial charge in [0.25, 0.3) is 0 Å². The molecule has 1 aromatic rings. The monoisotopic (exact) mass is 314 g/mol. The third-order valence-corrected chi connectivity index (χ3v) is 3.92. The van der Waals surface area contributed by atoms with Crippen LogP contribution < -0.4 is 5.32 Å². The Morgan fingerprint density at radius 2 is 2.24 bits per heavy atom. The number of ether oxygens (including phenoxy) is 1. The molecule has 2 N–H and O–H groups in total. The number of amides is 2. The molecule has 0 aliphatic heterocycles. The Morgan fingerprint density at radius 1 is 1.48 bits per heavy atom. The van der Waals surface area contributed by atoms with E-state index in [9.17, 15) is 9.59 Å². The largest absolute Gasteiger partial charge is 0.395 e. The Labute approximate surface area is 128 Å². The number of hydrogen-bond acceptors (Lipinski definition) is 5. The maximum absolute atomic E-state index is 12.3. The molecule has 0 aliphatic carbocycles. The lowest BCUT2D eigenvalue weighted by molar-refractivity contribution is -0.133. The van der Waals surface area contributed by atoms with Crippen LogP contribution in [0.1, 0.15) is 24.3 Å². The molecule has 118 valence electrons. The molecule has 0 fully saturated rings. The first kappa shape index (κ1) is 17.6. The molecule has 0 aliphatic rings. The van der Waals surface area contributed by atoms with Gasteiger partial charge >= 0.3 is 0 Å². The van der Waals surface area contributed by atoms with E-state index < -0.39 is 0 Å². The highest BCUT2D eigenvalue weighted by atomic mass is 32.1. The number of carbonyl (C=O) groups is 2. The molecule has 2 amide bonds. The molecule has 0 radical (unpaired) electrons. The summed E-state index contributed by atoms with van der Waals surface area (Å²) >= 11 is 1.50. The second-order valence-electron chi connectivity index (χ2n) is 4.57. The zero-order chi connectivity index (χ0) is 15.7. The van der Waals surface area contributed by atoms with Gasteiger partial charge < -0.3 is 20.1 Å². The molecule has 1 unspecified atom stereocenters. The highest BCUT2D eigenvalue weighted by molar-refractivity contribution is 7.10. The van der Waals surface area contributed by atoms with E-state index in [0.29, 0.717) is 13.2 Å². The predicted octanol–water partition coefficient (Wildman–Crippen LogP) is 0.783. The molecular formula is C14H22N2O4S. The van der Waals surface area contributed by atoms with E-state index in [4.69, 9.17) is 9.84 Å². The standard InChI is InChI=1S/C14H22N2O4S/c1-11(18)15-12(13-4-3-9-21-13)10-14(19)16(5-7-17)6-8-20-2/h3-4,9,12,17H,5-8,10H2,1-2H3,(H,15,18). The molecular weight excluding hydrogens is 292 g/mol. The molecule has 1 heterocycles. The van der Waals surface area contributed by atoms with E-state index in [1.807, 2.05) is 17.5 Å². The molecule has 6 nitrogen and oxygen atoms in total. The number of aliphatic hydroxyl groups is 1. The van der Waals surface area contributed by atoms with Crippen molar-refractivity contribution in [2.45, 2.75) is 19.4 Å². The van der Waals surface area contributed by atoms with Gasteiger partial charge in [0.2, 0.25) is 11.8 Å². The van der Waals surface area contributed by atoms with Crippen molar-refractivity contribution in [1.29, 1.82) is 0 Å². The zero-order valence-corrected chi connectivity index (χ0v) is 13.2. The Balaban J connectivity index is 2.71. The average molecular weight is 314 g/mol. The number of aliphatic hydroxyl groups excluding tert-OH is 1. The summed E-state index contributed by atoms with van der Waals surface area (Å²) in [6.45, 7) is 2.43. The number of nitrogens with zero attached hydrogens (tertiary/aromatic N) is 1. The van der Waals surface area contributed by atoms with Crippen molar-refractivity contribution < 1.29 is 19.4 Å². The van der Waals surface area contributed by atoms with Crippen LogP contribution in [-0.4, -0.2) is 55.2 Å². The highest BCUT2D eigenvalue weighted by Crippen LogP contribution is 2.22. The summed E-state index contributed by atoms with van der Waals surface area (Å²) in [4.78, 5) is 26.1. The summed E-state index contributed by atoms with van der Waals surface area (Å²) < 4.78 is 4.97. The fraction of sp³-hybridized carbons (Fsp3) is 0.571. The summed E-state index contributed by atoms with van der Waals surface area (Å²) in [7, 11) is 1.56. The predicted molar refractivity (Wildman–Crippen MR) is 81.0 cm³/mol. The minimum absolute atomic E-state index is 0.0980. The first-order chi connectivity index (χ1) is 10.1. The second kappa shape index (κ2) is 9.49. The van der Waals surface area contributed by atoms with Crippen LogP contribution in [0.15, 0.2) is 17.5 Å². The van der Waals surface area contributed by atoms with Crippen LogP contribution in [0.25, 0.3) is 0 Å². The molecule has 1 atom stereocenters. The van der Waals surface area contributed by atoms with E-state index >= 15 is 0 Å². The summed E-state index contributed by atoms with van der Waals surface area (Å²) in [5, 5.41) is 13.8. The molecule has 0 saturated heterocycles. The van der Waals surface area contributed by atoms with Crippen molar-refractivity contribution in [3.63, 3.8) is 0 Å². The van der Waals surface area contributed by atoms with E-state index in [0.717, 1.165) is 4.88 Å². The van der Waals surface area contributed by atoms with Gasteiger partial charge in [0, 0.05) is 32.0 Å². The summed E-state index contributed by atoms with van der Waals surface area (Å²) in [5.41, 5.74) is 0. The Bertz CT molecular complexity index is 436. The lowest BCUT2D eigenvalue weighted by atomic mass is 10.1. The highest BCUT2D eigenvalue weighted by Gasteiger charge is 2.21. The number of hydrogen-bond donors (Lipinski definition) is 2. The minimum Gasteiger partial charge on any atom is -0.395 e. The lowest BCUT2D eigenvalue weighted by Crippen LogP contribution is -2.39. The van der Waals surface area contributed by atoms with Crippen LogP contribution in [-0.2, 0) is 14.3 Å². The normalized spacial score (nSPS) is 12.0. The van der Waals surface area contributed by atoms with Gasteiger partial charge in [0.05, 0.1) is 25.7 Å². The second-order valence-corrected chi connectivity index (χ2v) is 5.55. The van der Waals surface area contributed by atoms with Gasteiger partial charge in [-0.3, -0.25) is 9.59 Å². The van der Waals surface area contributed by atoms with Gasteiger partial charge in [0.1, 0.15) is 0 Å². The van der Waals surface area contributed by atoms with Gasteiger partial charge in [-0.15, -0.1) is 11.3 Å².